The van der Waals surface area contributed by atoms with Gasteiger partial charge in [0.1, 0.15) is 0 Å². The summed E-state index contributed by atoms with van der Waals surface area (Å²) in [6.07, 6.45) is 5.36. The summed E-state index contributed by atoms with van der Waals surface area (Å²) >= 11 is 10.4. The molecule has 0 aromatic heterocycles. The van der Waals surface area contributed by atoms with Crippen molar-refractivity contribution in [2.75, 3.05) is 0 Å². The van der Waals surface area contributed by atoms with Crippen LogP contribution in [0, 0.1) is 0 Å². The molecule has 0 unspecified atom stereocenters. The SMILES string of the molecule is O=C(NC1CCCCC1)NP(=O)(Cl)Cl. The summed E-state index contributed by atoms with van der Waals surface area (Å²) in [5.74, 6) is -3.51. The van der Waals surface area contributed by atoms with Gasteiger partial charge in [-0.1, -0.05) is 19.3 Å². The average Bonchev–Trinajstić information content (AvgIpc) is 2.02. The fraction of sp³-hybridized carbons (Fsp3) is 0.857. The van der Waals surface area contributed by atoms with Gasteiger partial charge in [0.2, 0.25) is 0 Å². The van der Waals surface area contributed by atoms with Crippen LogP contribution >= 0.6 is 28.5 Å². The Balaban J connectivity index is 2.29. The number of hydrogen-bond acceptors (Lipinski definition) is 2. The van der Waals surface area contributed by atoms with Crippen molar-refractivity contribution in [3.05, 3.63) is 0 Å². The first-order chi connectivity index (χ1) is 6.47. The van der Waals surface area contributed by atoms with E-state index in [4.69, 9.17) is 22.5 Å². The van der Waals surface area contributed by atoms with Crippen molar-refractivity contribution >= 4 is 34.5 Å². The molecule has 2 amide bonds. The van der Waals surface area contributed by atoms with Crippen molar-refractivity contribution in [3.63, 3.8) is 0 Å². The van der Waals surface area contributed by atoms with Crippen molar-refractivity contribution in [3.8, 4) is 0 Å². The van der Waals surface area contributed by atoms with Crippen LogP contribution in [0.1, 0.15) is 32.1 Å². The molecule has 1 aliphatic carbocycles. The van der Waals surface area contributed by atoms with Crippen molar-refractivity contribution in [1.82, 2.24) is 10.4 Å². The highest BCUT2D eigenvalue weighted by Crippen LogP contribution is 2.51. The standard InChI is InChI=1S/C7H13Cl2N2O2P/c8-14(9,13)11-7(12)10-6-4-2-1-3-5-6/h6H,1-5H2,(H2,10,11,12,13). The van der Waals surface area contributed by atoms with E-state index in [0.717, 1.165) is 25.7 Å². The number of amides is 2. The maximum Gasteiger partial charge on any atom is 0.346 e. The van der Waals surface area contributed by atoms with E-state index in [9.17, 15) is 9.36 Å². The third-order valence-electron chi connectivity index (χ3n) is 2.17. The molecule has 0 heterocycles. The molecule has 1 rings (SSSR count). The zero-order valence-electron chi connectivity index (χ0n) is 7.63. The van der Waals surface area contributed by atoms with Crippen LogP contribution in [0.2, 0.25) is 0 Å². The Morgan fingerprint density at radius 2 is 1.79 bits per heavy atom. The van der Waals surface area contributed by atoms with E-state index in [1.54, 1.807) is 0 Å². The molecule has 0 bridgehead atoms. The van der Waals surface area contributed by atoms with Gasteiger partial charge in [-0.25, -0.2) is 4.79 Å². The number of hydrogen-bond donors (Lipinski definition) is 2. The second-order valence-corrected chi connectivity index (χ2v) is 7.91. The lowest BCUT2D eigenvalue weighted by Gasteiger charge is -2.22. The molecule has 2 N–H and O–H groups in total. The van der Waals surface area contributed by atoms with Gasteiger partial charge < -0.3 is 5.32 Å². The molecular weight excluding hydrogens is 246 g/mol. The quantitative estimate of drug-likeness (QED) is 0.748. The lowest BCUT2D eigenvalue weighted by molar-refractivity contribution is 0.238. The number of halogens is 2. The normalized spacial score (nSPS) is 19.0. The molecule has 0 aromatic carbocycles. The zero-order chi connectivity index (χ0) is 10.6. The second kappa shape index (κ2) is 5.24. The highest BCUT2D eigenvalue weighted by atomic mass is 35.9. The van der Waals surface area contributed by atoms with Gasteiger partial charge in [-0.2, -0.15) is 0 Å². The number of carbonyl (C=O) groups excluding carboxylic acids is 1. The summed E-state index contributed by atoms with van der Waals surface area (Å²) in [7, 11) is 0. The fourth-order valence-corrected chi connectivity index (χ4v) is 2.34. The maximum atomic E-state index is 11.2. The van der Waals surface area contributed by atoms with E-state index >= 15 is 0 Å². The van der Waals surface area contributed by atoms with Crippen molar-refractivity contribution < 1.29 is 9.36 Å². The van der Waals surface area contributed by atoms with E-state index < -0.39 is 12.0 Å². The van der Waals surface area contributed by atoms with E-state index in [2.05, 4.69) is 5.32 Å². The van der Waals surface area contributed by atoms with Gasteiger partial charge in [0, 0.05) is 6.04 Å². The summed E-state index contributed by atoms with van der Waals surface area (Å²) in [6, 6.07) is -0.395. The van der Waals surface area contributed by atoms with E-state index in [1.807, 2.05) is 5.09 Å². The first-order valence-electron chi connectivity index (χ1n) is 4.55. The number of urea groups is 1. The predicted molar refractivity (Wildman–Crippen MR) is 57.9 cm³/mol. The van der Waals surface area contributed by atoms with Crippen LogP contribution in [-0.2, 0) is 4.57 Å². The minimum absolute atomic E-state index is 0.156. The van der Waals surface area contributed by atoms with Crippen LogP contribution < -0.4 is 10.4 Å². The molecule has 82 valence electrons. The summed E-state index contributed by atoms with van der Waals surface area (Å²) < 4.78 is 10.8. The Morgan fingerprint density at radius 3 is 2.29 bits per heavy atom. The fourth-order valence-electron chi connectivity index (χ4n) is 1.58. The molecule has 1 fully saturated rings. The molecule has 0 aliphatic heterocycles. The monoisotopic (exact) mass is 258 g/mol. The van der Waals surface area contributed by atoms with E-state index in [0.29, 0.717) is 0 Å². The topological polar surface area (TPSA) is 58.2 Å². The van der Waals surface area contributed by atoms with Crippen LogP contribution in [0.15, 0.2) is 0 Å². The lowest BCUT2D eigenvalue weighted by Crippen LogP contribution is -2.40. The van der Waals surface area contributed by atoms with Crippen molar-refractivity contribution in [2.45, 2.75) is 38.1 Å². The zero-order valence-corrected chi connectivity index (χ0v) is 10.0. The predicted octanol–water partition coefficient (Wildman–Crippen LogP) is 3.20. The van der Waals surface area contributed by atoms with Crippen LogP contribution in [0.5, 0.6) is 0 Å². The minimum Gasteiger partial charge on any atom is -0.335 e. The first kappa shape index (κ1) is 12.2. The van der Waals surface area contributed by atoms with Crippen molar-refractivity contribution in [1.29, 1.82) is 0 Å². The van der Waals surface area contributed by atoms with Gasteiger partial charge in [0.25, 0.3) is 0 Å². The van der Waals surface area contributed by atoms with Crippen LogP contribution in [0.3, 0.4) is 0 Å². The Hall–Kier alpha value is 0.0800. The third-order valence-corrected chi connectivity index (χ3v) is 3.14. The molecule has 0 aromatic rings. The third kappa shape index (κ3) is 5.08. The highest BCUT2D eigenvalue weighted by molar-refractivity contribution is 8.07. The number of carbonyl (C=O) groups is 1. The maximum absolute atomic E-state index is 11.2. The largest absolute Gasteiger partial charge is 0.346 e. The van der Waals surface area contributed by atoms with Crippen LogP contribution in [0.25, 0.3) is 0 Å². The molecule has 0 radical (unpaired) electrons. The Bertz CT molecular complexity index is 250. The van der Waals surface area contributed by atoms with Gasteiger partial charge in [-0.15, -0.1) is 0 Å². The Kier molecular flexibility index (Phi) is 4.55. The van der Waals surface area contributed by atoms with E-state index in [-0.39, 0.29) is 6.04 Å². The summed E-state index contributed by atoms with van der Waals surface area (Å²) in [5, 5.41) is 4.69. The summed E-state index contributed by atoms with van der Waals surface area (Å²) in [6.45, 7) is 0. The molecule has 7 heteroatoms. The highest BCUT2D eigenvalue weighted by Gasteiger charge is 2.20. The number of rotatable bonds is 2. The molecule has 1 saturated carbocycles. The van der Waals surface area contributed by atoms with Gasteiger partial charge in [-0.3, -0.25) is 9.65 Å². The van der Waals surface area contributed by atoms with Crippen LogP contribution in [0.4, 0.5) is 4.79 Å². The van der Waals surface area contributed by atoms with Crippen LogP contribution in [-0.4, -0.2) is 12.1 Å². The Morgan fingerprint density at radius 1 is 1.21 bits per heavy atom. The van der Waals surface area contributed by atoms with Gasteiger partial charge in [0.05, 0.1) is 0 Å². The molecule has 0 atom stereocenters. The molecule has 0 saturated heterocycles. The summed E-state index contributed by atoms with van der Waals surface area (Å²) in [4.78, 5) is 11.2. The first-order valence-corrected chi connectivity index (χ1v) is 8.07. The van der Waals surface area contributed by atoms with Gasteiger partial charge >= 0.3 is 12.0 Å². The number of nitrogens with one attached hydrogen (secondary N) is 2. The smallest absolute Gasteiger partial charge is 0.335 e. The molecule has 1 aliphatic rings. The molecule has 0 spiro atoms. The second-order valence-electron chi connectivity index (χ2n) is 3.38. The minimum atomic E-state index is -3.51. The van der Waals surface area contributed by atoms with E-state index in [1.165, 1.54) is 6.42 Å². The Labute approximate surface area is 92.7 Å². The van der Waals surface area contributed by atoms with Crippen molar-refractivity contribution in [2.24, 2.45) is 0 Å². The molecule has 4 nitrogen and oxygen atoms in total. The van der Waals surface area contributed by atoms with Gasteiger partial charge in [-0.05, 0) is 35.3 Å². The average molecular weight is 259 g/mol. The van der Waals surface area contributed by atoms with Gasteiger partial charge in [0.15, 0.2) is 0 Å². The lowest BCUT2D eigenvalue weighted by atomic mass is 9.96. The molecule has 14 heavy (non-hydrogen) atoms. The molecular formula is C7H13Cl2N2O2P. The summed E-state index contributed by atoms with van der Waals surface area (Å²) in [5.41, 5.74) is 0.